The van der Waals surface area contributed by atoms with E-state index in [2.05, 4.69) is 11.8 Å². The summed E-state index contributed by atoms with van der Waals surface area (Å²) < 4.78 is 5.52. The summed E-state index contributed by atoms with van der Waals surface area (Å²) in [6, 6.07) is 0.233. The van der Waals surface area contributed by atoms with Gasteiger partial charge in [0.1, 0.15) is 0 Å². The highest BCUT2D eigenvalue weighted by atomic mass is 16.5. The zero-order chi connectivity index (χ0) is 9.52. The third-order valence-electron chi connectivity index (χ3n) is 2.42. The Morgan fingerprint density at radius 3 is 3.08 bits per heavy atom. The van der Waals surface area contributed by atoms with Crippen LogP contribution in [0.1, 0.15) is 39.0 Å². The molecule has 0 saturated carbocycles. The van der Waals surface area contributed by atoms with Gasteiger partial charge in [-0.2, -0.15) is 0 Å². The summed E-state index contributed by atoms with van der Waals surface area (Å²) in [4.78, 5) is 0. The van der Waals surface area contributed by atoms with Crippen molar-refractivity contribution >= 4 is 0 Å². The Morgan fingerprint density at radius 1 is 1.62 bits per heavy atom. The molecule has 1 saturated heterocycles. The van der Waals surface area contributed by atoms with E-state index in [4.69, 9.17) is 10.5 Å². The minimum absolute atomic E-state index is 0.233. The first kappa shape index (κ1) is 10.6. The molecule has 0 aromatic rings. The Labute approximate surface area is 80.8 Å². The van der Waals surface area contributed by atoms with Crippen LogP contribution in [0.2, 0.25) is 0 Å². The summed E-state index contributed by atoms with van der Waals surface area (Å²) >= 11 is 0. The van der Waals surface area contributed by atoms with Crippen molar-refractivity contribution in [1.82, 2.24) is 0 Å². The van der Waals surface area contributed by atoms with Crippen LogP contribution < -0.4 is 5.73 Å². The molecule has 1 aliphatic rings. The molecule has 1 rings (SSSR count). The van der Waals surface area contributed by atoms with E-state index in [9.17, 15) is 0 Å². The van der Waals surface area contributed by atoms with Crippen molar-refractivity contribution < 1.29 is 4.74 Å². The summed E-state index contributed by atoms with van der Waals surface area (Å²) in [6.45, 7) is 2.79. The monoisotopic (exact) mass is 181 g/mol. The van der Waals surface area contributed by atoms with Crippen LogP contribution in [0.3, 0.4) is 0 Å². The molecule has 1 aliphatic heterocycles. The highest BCUT2D eigenvalue weighted by molar-refractivity contribution is 4.97. The molecule has 2 atom stereocenters. The van der Waals surface area contributed by atoms with Crippen molar-refractivity contribution in [2.24, 2.45) is 5.73 Å². The van der Waals surface area contributed by atoms with E-state index in [1.54, 1.807) is 0 Å². The fraction of sp³-hybridized carbons (Fsp3) is 0.818. The van der Waals surface area contributed by atoms with Gasteiger partial charge in [0, 0.05) is 19.1 Å². The second-order valence-corrected chi connectivity index (χ2v) is 3.60. The Bertz CT molecular complexity index is 186. The molecule has 1 heterocycles. The van der Waals surface area contributed by atoms with Crippen LogP contribution in [0.5, 0.6) is 0 Å². The van der Waals surface area contributed by atoms with Crippen molar-refractivity contribution in [2.75, 3.05) is 6.61 Å². The van der Waals surface area contributed by atoms with Crippen molar-refractivity contribution in [3.8, 4) is 11.8 Å². The fourth-order valence-electron chi connectivity index (χ4n) is 1.61. The van der Waals surface area contributed by atoms with Crippen LogP contribution in [0, 0.1) is 11.8 Å². The molecule has 0 aromatic carbocycles. The molecule has 13 heavy (non-hydrogen) atoms. The third-order valence-corrected chi connectivity index (χ3v) is 2.42. The molecular weight excluding hydrogens is 162 g/mol. The highest BCUT2D eigenvalue weighted by Crippen LogP contribution is 2.17. The van der Waals surface area contributed by atoms with Gasteiger partial charge in [0.15, 0.2) is 0 Å². The largest absolute Gasteiger partial charge is 0.378 e. The molecule has 0 radical (unpaired) electrons. The number of rotatable bonds is 4. The van der Waals surface area contributed by atoms with Crippen molar-refractivity contribution in [2.45, 2.75) is 51.2 Å². The van der Waals surface area contributed by atoms with E-state index in [-0.39, 0.29) is 6.04 Å². The molecule has 1 fully saturated rings. The second-order valence-electron chi connectivity index (χ2n) is 3.60. The van der Waals surface area contributed by atoms with E-state index in [0.29, 0.717) is 6.10 Å². The number of hydrogen-bond acceptors (Lipinski definition) is 2. The second kappa shape index (κ2) is 6.01. The molecule has 0 spiro atoms. The summed E-state index contributed by atoms with van der Waals surface area (Å²) in [5.74, 6) is 5.87. The number of nitrogens with two attached hydrogens (primary N) is 1. The number of hydrogen-bond donors (Lipinski definition) is 1. The SMILES string of the molecule is CC#CCC(N)CCC1CCCO1. The van der Waals surface area contributed by atoms with Gasteiger partial charge in [-0.3, -0.25) is 0 Å². The van der Waals surface area contributed by atoms with E-state index in [1.165, 1.54) is 12.8 Å². The van der Waals surface area contributed by atoms with E-state index in [1.807, 2.05) is 6.92 Å². The van der Waals surface area contributed by atoms with E-state index >= 15 is 0 Å². The van der Waals surface area contributed by atoms with Gasteiger partial charge in [-0.05, 0) is 32.6 Å². The zero-order valence-corrected chi connectivity index (χ0v) is 8.38. The van der Waals surface area contributed by atoms with E-state index in [0.717, 1.165) is 25.9 Å². The molecule has 2 nitrogen and oxygen atoms in total. The molecule has 2 heteroatoms. The Hall–Kier alpha value is -0.520. The van der Waals surface area contributed by atoms with Crippen LogP contribution in [0.4, 0.5) is 0 Å². The quantitative estimate of drug-likeness (QED) is 0.670. The van der Waals surface area contributed by atoms with Crippen molar-refractivity contribution in [3.05, 3.63) is 0 Å². The van der Waals surface area contributed by atoms with Gasteiger partial charge >= 0.3 is 0 Å². The van der Waals surface area contributed by atoms with Crippen LogP contribution in [-0.2, 0) is 4.74 Å². The zero-order valence-electron chi connectivity index (χ0n) is 8.38. The first-order valence-corrected chi connectivity index (χ1v) is 5.09. The number of ether oxygens (including phenoxy) is 1. The lowest BCUT2D eigenvalue weighted by atomic mass is 10.0. The first-order valence-electron chi connectivity index (χ1n) is 5.09. The highest BCUT2D eigenvalue weighted by Gasteiger charge is 2.15. The van der Waals surface area contributed by atoms with Gasteiger partial charge in [0.25, 0.3) is 0 Å². The molecule has 2 N–H and O–H groups in total. The summed E-state index contributed by atoms with van der Waals surface area (Å²) in [6.07, 6.45) is 5.87. The van der Waals surface area contributed by atoms with E-state index < -0.39 is 0 Å². The minimum Gasteiger partial charge on any atom is -0.378 e. The van der Waals surface area contributed by atoms with Crippen LogP contribution >= 0.6 is 0 Å². The lowest BCUT2D eigenvalue weighted by molar-refractivity contribution is 0.101. The maximum absolute atomic E-state index is 5.88. The van der Waals surface area contributed by atoms with Gasteiger partial charge in [0.05, 0.1) is 6.10 Å². The molecule has 2 unspecified atom stereocenters. The lowest BCUT2D eigenvalue weighted by Gasteiger charge is -2.12. The molecule has 0 aliphatic carbocycles. The topological polar surface area (TPSA) is 35.2 Å². The van der Waals surface area contributed by atoms with Gasteiger partial charge in [-0.25, -0.2) is 0 Å². The third kappa shape index (κ3) is 4.31. The molecular formula is C11H19NO. The maximum atomic E-state index is 5.88. The standard InChI is InChI=1S/C11H19NO/c1-2-3-5-10(12)7-8-11-6-4-9-13-11/h10-11H,4-9,12H2,1H3. The first-order chi connectivity index (χ1) is 6.33. The van der Waals surface area contributed by atoms with Crippen molar-refractivity contribution in [3.63, 3.8) is 0 Å². The minimum atomic E-state index is 0.233. The van der Waals surface area contributed by atoms with Crippen LogP contribution in [0.25, 0.3) is 0 Å². The van der Waals surface area contributed by atoms with Gasteiger partial charge in [0.2, 0.25) is 0 Å². The Balaban J connectivity index is 2.05. The van der Waals surface area contributed by atoms with Crippen LogP contribution in [0.15, 0.2) is 0 Å². The maximum Gasteiger partial charge on any atom is 0.0576 e. The van der Waals surface area contributed by atoms with Gasteiger partial charge in [-0.1, -0.05) is 0 Å². The molecule has 0 aromatic heterocycles. The van der Waals surface area contributed by atoms with Gasteiger partial charge < -0.3 is 10.5 Å². The Kier molecular flexibility index (Phi) is 4.88. The lowest BCUT2D eigenvalue weighted by Crippen LogP contribution is -2.21. The molecule has 0 bridgehead atoms. The summed E-state index contributed by atoms with van der Waals surface area (Å²) in [5, 5.41) is 0. The summed E-state index contributed by atoms with van der Waals surface area (Å²) in [5.41, 5.74) is 5.88. The normalized spacial score (nSPS) is 23.7. The Morgan fingerprint density at radius 2 is 2.46 bits per heavy atom. The molecule has 0 amide bonds. The predicted molar refractivity (Wildman–Crippen MR) is 54.3 cm³/mol. The molecule has 74 valence electrons. The average molecular weight is 181 g/mol. The van der Waals surface area contributed by atoms with Gasteiger partial charge in [-0.15, -0.1) is 11.8 Å². The van der Waals surface area contributed by atoms with Crippen molar-refractivity contribution in [1.29, 1.82) is 0 Å². The smallest absolute Gasteiger partial charge is 0.0576 e. The predicted octanol–water partition coefficient (Wildman–Crippen LogP) is 1.69. The summed E-state index contributed by atoms with van der Waals surface area (Å²) in [7, 11) is 0. The fourth-order valence-corrected chi connectivity index (χ4v) is 1.61. The van der Waals surface area contributed by atoms with Crippen LogP contribution in [-0.4, -0.2) is 18.8 Å². The average Bonchev–Trinajstić information content (AvgIpc) is 2.64.